The monoisotopic (exact) mass is 222 g/mol. The Morgan fingerprint density at radius 1 is 1.50 bits per heavy atom. The van der Waals surface area contributed by atoms with E-state index in [1.54, 1.807) is 12.1 Å². The standard InChI is InChI=1S/C13H19FN2/c1-10(7-15-13-8-16(2)9-13)11-4-3-5-12(14)6-11/h3-6,10,13,15H,7-9H2,1-2H3. The molecule has 1 unspecified atom stereocenters. The van der Waals surface area contributed by atoms with Crippen molar-refractivity contribution in [3.05, 3.63) is 35.6 Å². The molecule has 3 heteroatoms. The van der Waals surface area contributed by atoms with Crippen molar-refractivity contribution in [2.24, 2.45) is 0 Å². The smallest absolute Gasteiger partial charge is 0.123 e. The minimum absolute atomic E-state index is 0.146. The molecular weight excluding hydrogens is 203 g/mol. The van der Waals surface area contributed by atoms with Gasteiger partial charge in [-0.05, 0) is 30.7 Å². The van der Waals surface area contributed by atoms with E-state index in [1.165, 1.54) is 6.07 Å². The van der Waals surface area contributed by atoms with Crippen molar-refractivity contribution in [2.45, 2.75) is 18.9 Å². The largest absolute Gasteiger partial charge is 0.311 e. The fourth-order valence-corrected chi connectivity index (χ4v) is 2.10. The molecule has 88 valence electrons. The van der Waals surface area contributed by atoms with Crippen LogP contribution in [0, 0.1) is 5.82 Å². The Morgan fingerprint density at radius 3 is 2.88 bits per heavy atom. The number of nitrogens with zero attached hydrogens (tertiary/aromatic N) is 1. The zero-order valence-electron chi connectivity index (χ0n) is 9.91. The van der Waals surface area contributed by atoms with Crippen LogP contribution in [0.1, 0.15) is 18.4 Å². The van der Waals surface area contributed by atoms with Gasteiger partial charge < -0.3 is 10.2 Å². The first kappa shape index (κ1) is 11.6. The van der Waals surface area contributed by atoms with Crippen LogP contribution in [-0.2, 0) is 0 Å². The van der Waals surface area contributed by atoms with Crippen molar-refractivity contribution in [3.63, 3.8) is 0 Å². The lowest BCUT2D eigenvalue weighted by Crippen LogP contribution is -2.56. The summed E-state index contributed by atoms with van der Waals surface area (Å²) < 4.78 is 13.0. The highest BCUT2D eigenvalue weighted by molar-refractivity contribution is 5.20. The Bertz CT molecular complexity index is 348. The molecule has 1 saturated heterocycles. The summed E-state index contributed by atoms with van der Waals surface area (Å²) in [7, 11) is 2.12. The summed E-state index contributed by atoms with van der Waals surface area (Å²) in [6.45, 7) is 5.29. The summed E-state index contributed by atoms with van der Waals surface area (Å²) in [6.07, 6.45) is 0. The quantitative estimate of drug-likeness (QED) is 0.836. The van der Waals surface area contributed by atoms with Crippen LogP contribution in [0.4, 0.5) is 4.39 Å². The second kappa shape index (κ2) is 4.93. The van der Waals surface area contributed by atoms with Crippen LogP contribution in [0.25, 0.3) is 0 Å². The van der Waals surface area contributed by atoms with Gasteiger partial charge in [0.1, 0.15) is 5.82 Å². The second-order valence-electron chi connectivity index (χ2n) is 4.78. The van der Waals surface area contributed by atoms with Crippen molar-refractivity contribution in [3.8, 4) is 0 Å². The maximum atomic E-state index is 13.0. The van der Waals surface area contributed by atoms with Crippen molar-refractivity contribution >= 4 is 0 Å². The lowest BCUT2D eigenvalue weighted by molar-refractivity contribution is 0.161. The predicted molar refractivity (Wildman–Crippen MR) is 64.1 cm³/mol. The molecule has 0 saturated carbocycles. The fourth-order valence-electron chi connectivity index (χ4n) is 2.10. The van der Waals surface area contributed by atoms with E-state index in [-0.39, 0.29) is 5.82 Å². The van der Waals surface area contributed by atoms with Gasteiger partial charge in [-0.25, -0.2) is 4.39 Å². The van der Waals surface area contributed by atoms with Crippen LogP contribution >= 0.6 is 0 Å². The molecule has 0 bridgehead atoms. The Balaban J connectivity index is 1.81. The molecule has 0 aromatic heterocycles. The van der Waals surface area contributed by atoms with Gasteiger partial charge in [0.05, 0.1) is 0 Å². The average molecular weight is 222 g/mol. The van der Waals surface area contributed by atoms with Crippen LogP contribution in [-0.4, -0.2) is 37.6 Å². The van der Waals surface area contributed by atoms with Crippen molar-refractivity contribution in [1.29, 1.82) is 0 Å². The first-order valence-corrected chi connectivity index (χ1v) is 5.82. The number of hydrogen-bond acceptors (Lipinski definition) is 2. The van der Waals surface area contributed by atoms with E-state index in [9.17, 15) is 4.39 Å². The number of benzene rings is 1. The topological polar surface area (TPSA) is 15.3 Å². The maximum Gasteiger partial charge on any atom is 0.123 e. The number of nitrogens with one attached hydrogen (secondary N) is 1. The molecule has 1 atom stereocenters. The van der Waals surface area contributed by atoms with Crippen LogP contribution in [0.5, 0.6) is 0 Å². The minimum atomic E-state index is -0.146. The molecule has 1 fully saturated rings. The van der Waals surface area contributed by atoms with E-state index in [0.29, 0.717) is 12.0 Å². The van der Waals surface area contributed by atoms with E-state index in [4.69, 9.17) is 0 Å². The third-order valence-corrected chi connectivity index (χ3v) is 3.19. The van der Waals surface area contributed by atoms with Gasteiger partial charge >= 0.3 is 0 Å². The van der Waals surface area contributed by atoms with Crippen LogP contribution in [0.2, 0.25) is 0 Å². The molecule has 0 radical (unpaired) electrons. The van der Waals surface area contributed by atoms with E-state index < -0.39 is 0 Å². The first-order chi connectivity index (χ1) is 7.65. The number of likely N-dealkylation sites (tertiary alicyclic amines) is 1. The Hall–Kier alpha value is -0.930. The van der Waals surface area contributed by atoms with E-state index in [2.05, 4.69) is 24.2 Å². The summed E-state index contributed by atoms with van der Waals surface area (Å²) in [5.41, 5.74) is 1.07. The van der Waals surface area contributed by atoms with Gasteiger partial charge in [-0.3, -0.25) is 0 Å². The van der Waals surface area contributed by atoms with Crippen LogP contribution in [0.3, 0.4) is 0 Å². The van der Waals surface area contributed by atoms with Gasteiger partial charge in [-0.1, -0.05) is 19.1 Å². The Morgan fingerprint density at radius 2 is 2.25 bits per heavy atom. The van der Waals surface area contributed by atoms with Gasteiger partial charge in [0.2, 0.25) is 0 Å². The summed E-state index contributed by atoms with van der Waals surface area (Å²) in [4.78, 5) is 2.28. The Labute approximate surface area is 96.5 Å². The van der Waals surface area contributed by atoms with Crippen molar-refractivity contribution in [1.82, 2.24) is 10.2 Å². The highest BCUT2D eigenvalue weighted by Gasteiger charge is 2.22. The SMILES string of the molecule is CC(CNC1CN(C)C1)c1cccc(F)c1. The molecule has 1 heterocycles. The zero-order chi connectivity index (χ0) is 11.5. The van der Waals surface area contributed by atoms with Gasteiger partial charge in [0.25, 0.3) is 0 Å². The number of rotatable bonds is 4. The Kier molecular flexibility index (Phi) is 3.56. The third-order valence-electron chi connectivity index (χ3n) is 3.19. The normalized spacial score (nSPS) is 19.4. The average Bonchev–Trinajstić information content (AvgIpc) is 2.22. The van der Waals surface area contributed by atoms with E-state index >= 15 is 0 Å². The second-order valence-corrected chi connectivity index (χ2v) is 4.78. The number of halogens is 1. The molecule has 1 aromatic rings. The highest BCUT2D eigenvalue weighted by Crippen LogP contribution is 2.16. The third kappa shape index (κ3) is 2.80. The molecule has 0 aliphatic carbocycles. The van der Waals surface area contributed by atoms with Gasteiger partial charge in [0.15, 0.2) is 0 Å². The summed E-state index contributed by atoms with van der Waals surface area (Å²) >= 11 is 0. The van der Waals surface area contributed by atoms with Crippen LogP contribution in [0.15, 0.2) is 24.3 Å². The maximum absolute atomic E-state index is 13.0. The lowest BCUT2D eigenvalue weighted by atomic mass is 10.00. The molecule has 1 aromatic carbocycles. The zero-order valence-corrected chi connectivity index (χ0v) is 9.91. The number of hydrogen-bond donors (Lipinski definition) is 1. The lowest BCUT2D eigenvalue weighted by Gasteiger charge is -2.37. The fraction of sp³-hybridized carbons (Fsp3) is 0.538. The molecule has 1 aliphatic rings. The van der Waals surface area contributed by atoms with Crippen LogP contribution < -0.4 is 5.32 Å². The molecule has 2 nitrogen and oxygen atoms in total. The van der Waals surface area contributed by atoms with E-state index in [1.807, 2.05) is 6.07 Å². The summed E-state index contributed by atoms with van der Waals surface area (Å²) in [5, 5.41) is 3.50. The molecule has 1 N–H and O–H groups in total. The van der Waals surface area contributed by atoms with Gasteiger partial charge in [-0.2, -0.15) is 0 Å². The molecule has 1 aliphatic heterocycles. The van der Waals surface area contributed by atoms with E-state index in [0.717, 1.165) is 25.2 Å². The van der Waals surface area contributed by atoms with Crippen molar-refractivity contribution in [2.75, 3.05) is 26.7 Å². The minimum Gasteiger partial charge on any atom is -0.311 e. The molecule has 2 rings (SSSR count). The van der Waals surface area contributed by atoms with Gasteiger partial charge in [0, 0.05) is 25.7 Å². The molecule has 0 spiro atoms. The summed E-state index contributed by atoms with van der Waals surface area (Å²) in [5.74, 6) is 0.217. The van der Waals surface area contributed by atoms with Crippen molar-refractivity contribution < 1.29 is 4.39 Å². The number of likely N-dealkylation sites (N-methyl/N-ethyl adjacent to an activating group) is 1. The molecule has 0 amide bonds. The summed E-state index contributed by atoms with van der Waals surface area (Å²) in [6, 6.07) is 7.49. The first-order valence-electron chi connectivity index (χ1n) is 5.82. The molecular formula is C13H19FN2. The highest BCUT2D eigenvalue weighted by atomic mass is 19.1. The predicted octanol–water partition coefficient (Wildman–Crippen LogP) is 1.83. The molecule has 16 heavy (non-hydrogen) atoms. The van der Waals surface area contributed by atoms with Gasteiger partial charge in [-0.15, -0.1) is 0 Å².